The quantitative estimate of drug-likeness (QED) is 0.793. The van der Waals surface area contributed by atoms with Crippen molar-refractivity contribution in [3.8, 4) is 5.88 Å². The maximum atomic E-state index is 12.4. The molecule has 0 aliphatic carbocycles. The highest BCUT2D eigenvalue weighted by atomic mass is 19.4. The fraction of sp³-hybridized carbons (Fsp3) is 0.583. The molecule has 0 N–H and O–H groups in total. The number of aromatic nitrogens is 2. The van der Waals surface area contributed by atoms with Crippen LogP contribution in [-0.2, 0) is 11.0 Å². The number of nitrogens with zero attached hydrogens (tertiary/aromatic N) is 3. The summed E-state index contributed by atoms with van der Waals surface area (Å²) in [5, 5.41) is 0. The SMILES string of the molecule is O=CN1[C@@H]2CC[C@H]1[C@H](Oc1cnc(C(F)(F)F)cn1)C2. The van der Waals surface area contributed by atoms with Crippen molar-refractivity contribution < 1.29 is 22.7 Å². The molecule has 108 valence electrons. The van der Waals surface area contributed by atoms with Crippen LogP contribution in [0.3, 0.4) is 0 Å². The highest BCUT2D eigenvalue weighted by molar-refractivity contribution is 5.50. The van der Waals surface area contributed by atoms with Gasteiger partial charge in [0.15, 0.2) is 5.69 Å². The Kier molecular flexibility index (Phi) is 3.02. The fourth-order valence-electron chi connectivity index (χ4n) is 2.94. The number of alkyl halides is 3. The summed E-state index contributed by atoms with van der Waals surface area (Å²) in [6.45, 7) is 0. The van der Waals surface area contributed by atoms with E-state index >= 15 is 0 Å². The zero-order chi connectivity index (χ0) is 14.3. The molecule has 3 atom stereocenters. The number of carbonyl (C=O) groups excluding carboxylic acids is 1. The lowest BCUT2D eigenvalue weighted by Crippen LogP contribution is -2.34. The van der Waals surface area contributed by atoms with E-state index in [4.69, 9.17) is 4.74 Å². The molecule has 20 heavy (non-hydrogen) atoms. The van der Waals surface area contributed by atoms with Crippen LogP contribution in [0.15, 0.2) is 12.4 Å². The summed E-state index contributed by atoms with van der Waals surface area (Å²) < 4.78 is 42.6. The summed E-state index contributed by atoms with van der Waals surface area (Å²) in [6.07, 6.45) is 0.192. The van der Waals surface area contributed by atoms with E-state index in [2.05, 4.69) is 9.97 Å². The molecule has 0 unspecified atom stereocenters. The number of rotatable bonds is 3. The third kappa shape index (κ3) is 2.19. The van der Waals surface area contributed by atoms with Gasteiger partial charge in [0, 0.05) is 12.5 Å². The third-order valence-electron chi connectivity index (χ3n) is 3.85. The van der Waals surface area contributed by atoms with E-state index in [1.165, 1.54) is 0 Å². The molecule has 1 aromatic rings. The van der Waals surface area contributed by atoms with Gasteiger partial charge in [0.05, 0.1) is 18.4 Å². The van der Waals surface area contributed by atoms with Crippen LogP contribution in [0.1, 0.15) is 25.0 Å². The highest BCUT2D eigenvalue weighted by Gasteiger charge is 2.47. The van der Waals surface area contributed by atoms with Gasteiger partial charge in [-0.2, -0.15) is 13.2 Å². The molecule has 2 saturated heterocycles. The summed E-state index contributed by atoms with van der Waals surface area (Å²) in [7, 11) is 0. The van der Waals surface area contributed by atoms with Crippen LogP contribution >= 0.6 is 0 Å². The van der Waals surface area contributed by atoms with E-state index in [1.54, 1.807) is 4.90 Å². The van der Waals surface area contributed by atoms with Gasteiger partial charge in [-0.15, -0.1) is 0 Å². The van der Waals surface area contributed by atoms with Crippen LogP contribution in [0.25, 0.3) is 0 Å². The predicted octanol–water partition coefficient (Wildman–Crippen LogP) is 1.64. The minimum Gasteiger partial charge on any atom is -0.471 e. The summed E-state index contributed by atoms with van der Waals surface area (Å²) in [6, 6.07) is 0.159. The van der Waals surface area contributed by atoms with Crippen molar-refractivity contribution in [2.24, 2.45) is 0 Å². The van der Waals surface area contributed by atoms with E-state index in [0.29, 0.717) is 12.6 Å². The molecule has 8 heteroatoms. The summed E-state index contributed by atoms with van der Waals surface area (Å²) in [4.78, 5) is 19.6. The number of halogens is 3. The number of amides is 1. The number of hydrogen-bond acceptors (Lipinski definition) is 4. The monoisotopic (exact) mass is 287 g/mol. The smallest absolute Gasteiger partial charge is 0.434 e. The van der Waals surface area contributed by atoms with Crippen molar-refractivity contribution in [3.63, 3.8) is 0 Å². The topological polar surface area (TPSA) is 55.3 Å². The second kappa shape index (κ2) is 4.60. The largest absolute Gasteiger partial charge is 0.471 e. The lowest BCUT2D eigenvalue weighted by Gasteiger charge is -2.21. The number of ether oxygens (including phenoxy) is 1. The molecule has 0 spiro atoms. The van der Waals surface area contributed by atoms with Crippen molar-refractivity contribution in [3.05, 3.63) is 18.1 Å². The first-order valence-electron chi connectivity index (χ1n) is 6.27. The van der Waals surface area contributed by atoms with E-state index in [9.17, 15) is 18.0 Å². The van der Waals surface area contributed by atoms with Gasteiger partial charge in [-0.25, -0.2) is 9.97 Å². The third-order valence-corrected chi connectivity index (χ3v) is 3.85. The zero-order valence-electron chi connectivity index (χ0n) is 10.4. The molecule has 0 aromatic carbocycles. The van der Waals surface area contributed by atoms with Crippen molar-refractivity contribution in [2.75, 3.05) is 0 Å². The highest BCUT2D eigenvalue weighted by Crippen LogP contribution is 2.38. The maximum absolute atomic E-state index is 12.4. The summed E-state index contributed by atoms with van der Waals surface area (Å²) in [5.41, 5.74) is -1.05. The van der Waals surface area contributed by atoms with Crippen molar-refractivity contribution in [1.82, 2.24) is 14.9 Å². The maximum Gasteiger partial charge on any atom is 0.434 e. The van der Waals surface area contributed by atoms with Crippen molar-refractivity contribution in [2.45, 2.75) is 43.6 Å². The van der Waals surface area contributed by atoms with Crippen LogP contribution in [-0.4, -0.2) is 39.5 Å². The minimum atomic E-state index is -4.51. The summed E-state index contributed by atoms with van der Waals surface area (Å²) in [5.74, 6) is 0.0569. The second-order valence-corrected chi connectivity index (χ2v) is 4.98. The van der Waals surface area contributed by atoms with Gasteiger partial charge in [-0.3, -0.25) is 4.79 Å². The molecule has 2 aliphatic heterocycles. The van der Waals surface area contributed by atoms with Crippen molar-refractivity contribution >= 4 is 6.41 Å². The Bertz CT molecular complexity index is 506. The molecule has 3 heterocycles. The Labute approximate surface area is 112 Å². The Morgan fingerprint density at radius 3 is 2.65 bits per heavy atom. The molecule has 1 amide bonds. The lowest BCUT2D eigenvalue weighted by molar-refractivity contribution is -0.141. The van der Waals surface area contributed by atoms with Crippen LogP contribution in [0, 0.1) is 0 Å². The van der Waals surface area contributed by atoms with Gasteiger partial charge in [0.2, 0.25) is 12.3 Å². The van der Waals surface area contributed by atoms with Crippen LogP contribution < -0.4 is 4.74 Å². The van der Waals surface area contributed by atoms with Crippen molar-refractivity contribution in [1.29, 1.82) is 0 Å². The predicted molar refractivity (Wildman–Crippen MR) is 60.8 cm³/mol. The molecule has 5 nitrogen and oxygen atoms in total. The lowest BCUT2D eigenvalue weighted by atomic mass is 9.98. The molecular formula is C12H12F3N3O2. The van der Waals surface area contributed by atoms with E-state index in [-0.39, 0.29) is 24.1 Å². The number of fused-ring (bicyclic) bond motifs is 2. The molecule has 2 bridgehead atoms. The molecule has 0 radical (unpaired) electrons. The van der Waals surface area contributed by atoms with Gasteiger partial charge in [-0.05, 0) is 12.8 Å². The average molecular weight is 287 g/mol. The Balaban J connectivity index is 1.69. The molecule has 0 saturated carbocycles. The van der Waals surface area contributed by atoms with Gasteiger partial charge >= 0.3 is 6.18 Å². The molecule has 1 aromatic heterocycles. The van der Waals surface area contributed by atoms with E-state index in [0.717, 1.165) is 25.4 Å². The van der Waals surface area contributed by atoms with Gasteiger partial charge in [0.25, 0.3) is 0 Å². The van der Waals surface area contributed by atoms with Gasteiger partial charge < -0.3 is 9.64 Å². The normalized spacial score (nSPS) is 28.8. The Morgan fingerprint density at radius 1 is 1.30 bits per heavy atom. The van der Waals surface area contributed by atoms with Crippen LogP contribution in [0.4, 0.5) is 13.2 Å². The standard InChI is InChI=1S/C12H12F3N3O2/c13-12(14,15)10-4-17-11(5-16-10)20-9-3-7-1-2-8(9)18(7)6-19/h4-9H,1-3H2/t7-,8+,9-/m1/s1. The molecule has 2 fully saturated rings. The average Bonchev–Trinajstić information content (AvgIpc) is 2.94. The second-order valence-electron chi connectivity index (χ2n) is 4.98. The van der Waals surface area contributed by atoms with Crippen LogP contribution in [0.5, 0.6) is 5.88 Å². The van der Waals surface area contributed by atoms with Gasteiger partial charge in [0.1, 0.15) is 6.10 Å². The van der Waals surface area contributed by atoms with E-state index in [1.807, 2.05) is 0 Å². The van der Waals surface area contributed by atoms with E-state index < -0.39 is 11.9 Å². The minimum absolute atomic E-state index is 0.0124. The molecule has 2 aliphatic rings. The molecular weight excluding hydrogens is 275 g/mol. The summed E-state index contributed by atoms with van der Waals surface area (Å²) >= 11 is 0. The first-order valence-corrected chi connectivity index (χ1v) is 6.27. The number of carbonyl (C=O) groups is 1. The number of hydrogen-bond donors (Lipinski definition) is 0. The van der Waals surface area contributed by atoms with Gasteiger partial charge in [-0.1, -0.05) is 0 Å². The molecule has 3 rings (SSSR count). The first-order chi connectivity index (χ1) is 9.49. The van der Waals surface area contributed by atoms with Crippen LogP contribution in [0.2, 0.25) is 0 Å². The zero-order valence-corrected chi connectivity index (χ0v) is 10.4. The fourth-order valence-corrected chi connectivity index (χ4v) is 2.94. The Morgan fingerprint density at radius 2 is 2.10 bits per heavy atom. The first kappa shape index (κ1) is 13.1. The Hall–Kier alpha value is -1.86.